The Kier molecular flexibility index (Phi) is 9.99. The minimum atomic E-state index is -4.10. The largest absolute Gasteiger partial charge is 0.481 e. The number of nitrogens with zero attached hydrogens (tertiary/aromatic N) is 4. The van der Waals surface area contributed by atoms with Gasteiger partial charge in [0, 0.05) is 24.2 Å². The molecule has 4 rings (SSSR count). The van der Waals surface area contributed by atoms with Crippen molar-refractivity contribution in [1.82, 2.24) is 29.8 Å². The molecule has 0 radical (unpaired) electrons. The van der Waals surface area contributed by atoms with Gasteiger partial charge in [0.2, 0.25) is 5.91 Å². The number of carboxylic acids is 1. The number of hydrogen-bond acceptors (Lipinski definition) is 8. The van der Waals surface area contributed by atoms with Gasteiger partial charge in [0.15, 0.2) is 0 Å². The maximum Gasteiger partial charge on any atom is 0.305 e. The first-order valence-corrected chi connectivity index (χ1v) is 15.1. The zero-order chi connectivity index (χ0) is 31.0. The smallest absolute Gasteiger partial charge is 0.305 e. The van der Waals surface area contributed by atoms with Gasteiger partial charge in [-0.05, 0) is 30.5 Å². The summed E-state index contributed by atoms with van der Waals surface area (Å²) in [6.07, 6.45) is 4.50. The number of amides is 2. The Morgan fingerprint density at radius 3 is 2.37 bits per heavy atom. The van der Waals surface area contributed by atoms with Crippen molar-refractivity contribution >= 4 is 27.8 Å². The van der Waals surface area contributed by atoms with E-state index in [2.05, 4.69) is 20.4 Å². The van der Waals surface area contributed by atoms with Gasteiger partial charge < -0.3 is 10.4 Å². The second-order valence-electron chi connectivity index (χ2n) is 9.94. The summed E-state index contributed by atoms with van der Waals surface area (Å²) in [4.78, 5) is 44.8. The molecule has 0 unspecified atom stereocenters. The fraction of sp³-hybridized carbons (Fsp3) is 0.267. The van der Waals surface area contributed by atoms with E-state index in [1.165, 1.54) is 18.5 Å². The Bertz CT molecular complexity index is 1700. The van der Waals surface area contributed by atoms with E-state index in [1.807, 2.05) is 42.0 Å². The molecule has 12 nitrogen and oxygen atoms in total. The number of benzene rings is 2. The third-order valence-electron chi connectivity index (χ3n) is 6.43. The molecule has 2 aromatic carbocycles. The molecule has 2 aromatic heterocycles. The first-order valence-electron chi connectivity index (χ1n) is 13.6. The van der Waals surface area contributed by atoms with Crippen molar-refractivity contribution in [1.29, 1.82) is 0 Å². The molecule has 1 atom stereocenters. The van der Waals surface area contributed by atoms with Crippen molar-refractivity contribution in [3.63, 3.8) is 0 Å². The van der Waals surface area contributed by atoms with Gasteiger partial charge >= 0.3 is 5.97 Å². The fourth-order valence-corrected chi connectivity index (χ4v) is 5.80. The molecule has 0 aliphatic rings. The first-order chi connectivity index (χ1) is 20.6. The van der Waals surface area contributed by atoms with Crippen molar-refractivity contribution in [3.8, 4) is 11.3 Å². The monoisotopic (exact) mass is 604 g/mol. The van der Waals surface area contributed by atoms with E-state index < -0.39 is 33.8 Å². The van der Waals surface area contributed by atoms with Crippen molar-refractivity contribution in [3.05, 3.63) is 95.7 Å². The number of rotatable bonds is 13. The summed E-state index contributed by atoms with van der Waals surface area (Å²) >= 11 is 0. The molecule has 0 spiro atoms. The zero-order valence-corrected chi connectivity index (χ0v) is 24.5. The zero-order valence-electron chi connectivity index (χ0n) is 23.7. The molecule has 2 amide bonds. The molecule has 43 heavy (non-hydrogen) atoms. The van der Waals surface area contributed by atoms with Gasteiger partial charge in [-0.2, -0.15) is 5.10 Å². The number of carbonyl (C=O) groups is 3. The molecule has 2 heterocycles. The summed E-state index contributed by atoms with van der Waals surface area (Å²) in [5.74, 6) is -2.20. The Balaban J connectivity index is 1.53. The summed E-state index contributed by atoms with van der Waals surface area (Å²) in [6, 6.07) is 16.6. The molecule has 0 aliphatic heterocycles. The molecule has 4 aromatic rings. The summed E-state index contributed by atoms with van der Waals surface area (Å²) in [7, 11) is -4.10. The standard InChI is InChI=1S/C30H32N6O6S/c1-3-9-24-16-26(30(40)33-22(15-29(38)39)14-21-10-5-4-6-11-21)34-36(24)19-23-17-32-27(18-31-23)25-12-7-8-13-28(25)43(41,42)35-20(2)37/h4-8,10-13,16-18,22H,3,9,14-15,19H2,1-2H3,(H,33,40)(H,35,37)(H,38,39)/t22-/m1/s1. The second-order valence-corrected chi connectivity index (χ2v) is 11.6. The van der Waals surface area contributed by atoms with Gasteiger partial charge in [-0.15, -0.1) is 0 Å². The Labute approximate surface area is 249 Å². The van der Waals surface area contributed by atoms with Crippen LogP contribution in [0.4, 0.5) is 0 Å². The lowest BCUT2D eigenvalue weighted by atomic mass is 10.0. The number of hydrogen-bond donors (Lipinski definition) is 3. The van der Waals surface area contributed by atoms with Crippen LogP contribution in [-0.4, -0.2) is 57.1 Å². The quantitative estimate of drug-likeness (QED) is 0.207. The van der Waals surface area contributed by atoms with Crippen molar-refractivity contribution in [2.45, 2.75) is 57.0 Å². The van der Waals surface area contributed by atoms with Crippen LogP contribution < -0.4 is 10.0 Å². The highest BCUT2D eigenvalue weighted by Crippen LogP contribution is 2.25. The lowest BCUT2D eigenvalue weighted by Crippen LogP contribution is -2.38. The van der Waals surface area contributed by atoms with Crippen LogP contribution in [-0.2, 0) is 39.0 Å². The highest BCUT2D eigenvalue weighted by Gasteiger charge is 2.22. The molecule has 0 bridgehead atoms. The third-order valence-corrected chi connectivity index (χ3v) is 7.92. The number of aromatic nitrogens is 4. The lowest BCUT2D eigenvalue weighted by molar-refractivity contribution is -0.137. The van der Waals surface area contributed by atoms with Gasteiger partial charge in [0.05, 0.1) is 41.6 Å². The van der Waals surface area contributed by atoms with Gasteiger partial charge in [-0.25, -0.2) is 13.1 Å². The van der Waals surface area contributed by atoms with Crippen LogP contribution in [0.2, 0.25) is 0 Å². The van der Waals surface area contributed by atoms with Crippen LogP contribution in [0, 0.1) is 0 Å². The van der Waals surface area contributed by atoms with E-state index in [4.69, 9.17) is 0 Å². The minimum Gasteiger partial charge on any atom is -0.481 e. The Morgan fingerprint density at radius 2 is 1.72 bits per heavy atom. The molecular weight excluding hydrogens is 572 g/mol. The van der Waals surface area contributed by atoms with E-state index in [-0.39, 0.29) is 29.1 Å². The van der Waals surface area contributed by atoms with Crippen LogP contribution in [0.5, 0.6) is 0 Å². The first kappa shape index (κ1) is 31.0. The molecule has 0 saturated heterocycles. The predicted molar refractivity (Wildman–Crippen MR) is 157 cm³/mol. The third kappa shape index (κ3) is 8.32. The number of carboxylic acid groups (broad SMARTS) is 1. The van der Waals surface area contributed by atoms with Gasteiger partial charge in [0.1, 0.15) is 5.69 Å². The second kappa shape index (κ2) is 13.8. The predicted octanol–water partition coefficient (Wildman–Crippen LogP) is 2.98. The van der Waals surface area contributed by atoms with Crippen molar-refractivity contribution < 1.29 is 27.9 Å². The number of aliphatic carboxylic acids is 1. The van der Waals surface area contributed by atoms with Crippen LogP contribution in [0.3, 0.4) is 0 Å². The van der Waals surface area contributed by atoms with E-state index in [0.717, 1.165) is 24.6 Å². The van der Waals surface area contributed by atoms with E-state index >= 15 is 0 Å². The molecule has 13 heteroatoms. The van der Waals surface area contributed by atoms with Gasteiger partial charge in [-0.1, -0.05) is 61.9 Å². The van der Waals surface area contributed by atoms with E-state index in [1.54, 1.807) is 28.9 Å². The van der Waals surface area contributed by atoms with Gasteiger partial charge in [0.25, 0.3) is 15.9 Å². The highest BCUT2D eigenvalue weighted by molar-refractivity contribution is 7.90. The number of aryl methyl sites for hydroxylation is 1. The summed E-state index contributed by atoms with van der Waals surface area (Å²) in [6.45, 7) is 3.32. The molecule has 0 aliphatic carbocycles. The number of carbonyl (C=O) groups excluding carboxylic acids is 2. The summed E-state index contributed by atoms with van der Waals surface area (Å²) in [5.41, 5.74) is 2.96. The molecule has 0 saturated carbocycles. The fourth-order valence-electron chi connectivity index (χ4n) is 4.59. The average molecular weight is 605 g/mol. The SMILES string of the molecule is CCCc1cc(C(=O)N[C@@H](CC(=O)O)Cc2ccccc2)nn1Cc1cnc(-c2ccccc2S(=O)(=O)NC(C)=O)cn1. The molecule has 3 N–H and O–H groups in total. The maximum atomic E-state index is 13.1. The summed E-state index contributed by atoms with van der Waals surface area (Å²) < 4.78 is 28.9. The molecular formula is C30H32N6O6S. The van der Waals surface area contributed by atoms with Crippen LogP contribution >= 0.6 is 0 Å². The average Bonchev–Trinajstić information content (AvgIpc) is 3.35. The number of sulfonamides is 1. The minimum absolute atomic E-state index is 0.103. The van der Waals surface area contributed by atoms with Crippen LogP contribution in [0.15, 0.2) is 78.0 Å². The normalized spacial score (nSPS) is 12.0. The molecule has 0 fully saturated rings. The Morgan fingerprint density at radius 1 is 1.00 bits per heavy atom. The maximum absolute atomic E-state index is 13.1. The topological polar surface area (TPSA) is 173 Å². The lowest BCUT2D eigenvalue weighted by Gasteiger charge is -2.16. The summed E-state index contributed by atoms with van der Waals surface area (Å²) in [5, 5.41) is 16.7. The number of nitrogens with one attached hydrogen (secondary N) is 2. The van der Waals surface area contributed by atoms with Crippen molar-refractivity contribution in [2.75, 3.05) is 0 Å². The van der Waals surface area contributed by atoms with Crippen LogP contribution in [0.1, 0.15) is 54.1 Å². The van der Waals surface area contributed by atoms with Crippen LogP contribution in [0.25, 0.3) is 11.3 Å². The molecule has 224 valence electrons. The van der Waals surface area contributed by atoms with Crippen molar-refractivity contribution in [2.24, 2.45) is 0 Å². The Hall–Kier alpha value is -4.91. The van der Waals surface area contributed by atoms with E-state index in [9.17, 15) is 27.9 Å². The van der Waals surface area contributed by atoms with E-state index in [0.29, 0.717) is 24.2 Å². The van der Waals surface area contributed by atoms with Gasteiger partial charge in [-0.3, -0.25) is 29.0 Å². The highest BCUT2D eigenvalue weighted by atomic mass is 32.2.